The van der Waals surface area contributed by atoms with Crippen LogP contribution in [0.2, 0.25) is 0 Å². The van der Waals surface area contributed by atoms with E-state index in [4.69, 9.17) is 0 Å². The van der Waals surface area contributed by atoms with Crippen molar-refractivity contribution in [1.29, 1.82) is 0 Å². The van der Waals surface area contributed by atoms with Crippen LogP contribution in [0, 0.1) is 5.41 Å². The number of piperidine rings is 1. The number of nitrogens with zero attached hydrogens (tertiary/aromatic N) is 2. The summed E-state index contributed by atoms with van der Waals surface area (Å²) in [4.78, 5) is 16.8. The van der Waals surface area contributed by atoms with Gasteiger partial charge in [0.25, 0.3) is 0 Å². The number of carbonyl (C=O) groups is 1. The van der Waals surface area contributed by atoms with Crippen LogP contribution in [0.1, 0.15) is 19.3 Å². The number of rotatable bonds is 5. The smallest absolute Gasteiger partial charge is 0.317 e. The number of carbonyl (C=O) groups excluding carboxylic acids is 1. The molecule has 0 aliphatic carbocycles. The van der Waals surface area contributed by atoms with E-state index in [9.17, 15) is 13.2 Å². The molecular formula is C18H28N4O3S. The molecule has 8 heteroatoms. The van der Waals surface area contributed by atoms with Gasteiger partial charge in [0.15, 0.2) is 0 Å². The first kappa shape index (κ1) is 19.1. The number of hydrogen-bond acceptors (Lipinski definition) is 4. The summed E-state index contributed by atoms with van der Waals surface area (Å²) in [6, 6.07) is 8.13. The number of benzene rings is 1. The van der Waals surface area contributed by atoms with Crippen LogP contribution < -0.4 is 10.0 Å². The molecular weight excluding hydrogens is 352 g/mol. The Morgan fingerprint density at radius 3 is 2.62 bits per heavy atom. The average Bonchev–Trinajstić information content (AvgIpc) is 3.02. The Bertz CT molecular complexity index is 725. The minimum atomic E-state index is -3.53. The Labute approximate surface area is 155 Å². The molecule has 7 nitrogen and oxygen atoms in total. The van der Waals surface area contributed by atoms with Crippen molar-refractivity contribution >= 4 is 16.1 Å². The molecule has 1 spiro atoms. The van der Waals surface area contributed by atoms with Gasteiger partial charge in [-0.05, 0) is 45.0 Å². The highest BCUT2D eigenvalue weighted by Crippen LogP contribution is 2.38. The van der Waals surface area contributed by atoms with Crippen LogP contribution in [0.5, 0.6) is 0 Å². The highest BCUT2D eigenvalue weighted by Gasteiger charge is 2.41. The van der Waals surface area contributed by atoms with Crippen LogP contribution in [0.25, 0.3) is 0 Å². The molecule has 0 radical (unpaired) electrons. The van der Waals surface area contributed by atoms with Crippen LogP contribution in [-0.2, 0) is 10.0 Å². The number of amides is 2. The normalized spacial score (nSPS) is 24.1. The quantitative estimate of drug-likeness (QED) is 0.750. The molecule has 1 unspecified atom stereocenters. The fourth-order valence-electron chi connectivity index (χ4n) is 4.05. The third kappa shape index (κ3) is 4.55. The Balaban J connectivity index is 1.42. The first-order chi connectivity index (χ1) is 12.4. The predicted octanol–water partition coefficient (Wildman–Crippen LogP) is 1.09. The Kier molecular flexibility index (Phi) is 5.84. The van der Waals surface area contributed by atoms with Crippen molar-refractivity contribution in [1.82, 2.24) is 19.8 Å². The maximum absolute atomic E-state index is 12.4. The SMILES string of the molecule is CN1CCCC2(CCN(C(=O)NCCNS(=O)(=O)c3ccccc3)C2)C1. The lowest BCUT2D eigenvalue weighted by atomic mass is 9.79. The van der Waals surface area contributed by atoms with Crippen LogP contribution in [-0.4, -0.2) is 70.6 Å². The lowest BCUT2D eigenvalue weighted by Gasteiger charge is -2.38. The Morgan fingerprint density at radius 2 is 1.88 bits per heavy atom. The molecule has 2 aliphatic rings. The van der Waals surface area contributed by atoms with Crippen molar-refractivity contribution in [3.8, 4) is 0 Å². The summed E-state index contributed by atoms with van der Waals surface area (Å²) in [7, 11) is -1.38. The summed E-state index contributed by atoms with van der Waals surface area (Å²) in [6.07, 6.45) is 3.41. The minimum absolute atomic E-state index is 0.103. The van der Waals surface area contributed by atoms with Gasteiger partial charge in [0.2, 0.25) is 10.0 Å². The molecule has 0 aromatic heterocycles. The van der Waals surface area contributed by atoms with Gasteiger partial charge in [0, 0.05) is 38.1 Å². The maximum Gasteiger partial charge on any atom is 0.317 e. The summed E-state index contributed by atoms with van der Waals surface area (Å²) >= 11 is 0. The van der Waals surface area contributed by atoms with Gasteiger partial charge in [-0.15, -0.1) is 0 Å². The number of nitrogens with one attached hydrogen (secondary N) is 2. The highest BCUT2D eigenvalue weighted by molar-refractivity contribution is 7.89. The van der Waals surface area contributed by atoms with Crippen molar-refractivity contribution in [3.63, 3.8) is 0 Å². The van der Waals surface area contributed by atoms with Crippen molar-refractivity contribution in [2.24, 2.45) is 5.41 Å². The molecule has 1 atom stereocenters. The van der Waals surface area contributed by atoms with Gasteiger partial charge in [0.05, 0.1) is 4.90 Å². The van der Waals surface area contributed by atoms with E-state index in [2.05, 4.69) is 22.0 Å². The van der Waals surface area contributed by atoms with Crippen molar-refractivity contribution in [2.75, 3.05) is 46.3 Å². The van der Waals surface area contributed by atoms with Crippen LogP contribution >= 0.6 is 0 Å². The topological polar surface area (TPSA) is 81.8 Å². The van der Waals surface area contributed by atoms with Crippen LogP contribution in [0.4, 0.5) is 4.79 Å². The third-order valence-electron chi connectivity index (χ3n) is 5.32. The summed E-state index contributed by atoms with van der Waals surface area (Å²) in [5.41, 5.74) is 0.235. The number of likely N-dealkylation sites (tertiary alicyclic amines) is 2. The van der Waals surface area contributed by atoms with Crippen molar-refractivity contribution in [3.05, 3.63) is 30.3 Å². The van der Waals surface area contributed by atoms with E-state index in [-0.39, 0.29) is 29.4 Å². The predicted molar refractivity (Wildman–Crippen MR) is 100 cm³/mol. The van der Waals surface area contributed by atoms with E-state index < -0.39 is 10.0 Å². The Morgan fingerprint density at radius 1 is 1.12 bits per heavy atom. The average molecular weight is 381 g/mol. The van der Waals surface area contributed by atoms with Gasteiger partial charge < -0.3 is 15.1 Å². The second-order valence-electron chi connectivity index (χ2n) is 7.46. The molecule has 26 heavy (non-hydrogen) atoms. The van der Waals surface area contributed by atoms with E-state index >= 15 is 0 Å². The van der Waals surface area contributed by atoms with E-state index in [0.29, 0.717) is 0 Å². The summed E-state index contributed by atoms with van der Waals surface area (Å²) in [5.74, 6) is 0. The van der Waals surface area contributed by atoms with Crippen molar-refractivity contribution in [2.45, 2.75) is 24.2 Å². The monoisotopic (exact) mass is 380 g/mol. The second-order valence-corrected chi connectivity index (χ2v) is 9.22. The number of hydrogen-bond donors (Lipinski definition) is 2. The lowest BCUT2D eigenvalue weighted by molar-refractivity contribution is 0.115. The minimum Gasteiger partial charge on any atom is -0.337 e. The zero-order chi connectivity index (χ0) is 18.6. The molecule has 2 amide bonds. The lowest BCUT2D eigenvalue weighted by Crippen LogP contribution is -2.46. The van der Waals surface area contributed by atoms with E-state index in [1.165, 1.54) is 12.8 Å². The standard InChI is InChI=1S/C18H28N4O3S/c1-21-12-5-8-18(14-21)9-13-22(15-18)17(23)19-10-11-20-26(24,25)16-6-3-2-4-7-16/h2-4,6-7,20H,5,8-15H2,1H3,(H,19,23). The molecule has 144 valence electrons. The maximum atomic E-state index is 12.4. The van der Waals surface area contributed by atoms with Crippen LogP contribution in [0.15, 0.2) is 35.2 Å². The molecule has 2 heterocycles. The molecule has 0 bridgehead atoms. The number of urea groups is 1. The van der Waals surface area contributed by atoms with Crippen molar-refractivity contribution < 1.29 is 13.2 Å². The van der Waals surface area contributed by atoms with Crippen LogP contribution in [0.3, 0.4) is 0 Å². The first-order valence-electron chi connectivity index (χ1n) is 9.16. The largest absolute Gasteiger partial charge is 0.337 e. The van der Waals surface area contributed by atoms with Gasteiger partial charge in [-0.1, -0.05) is 18.2 Å². The molecule has 0 saturated carbocycles. The molecule has 2 saturated heterocycles. The molecule has 1 aromatic carbocycles. The van der Waals surface area contributed by atoms with Gasteiger partial charge in [0.1, 0.15) is 0 Å². The van der Waals surface area contributed by atoms with Gasteiger partial charge in [-0.3, -0.25) is 0 Å². The van der Waals surface area contributed by atoms with Gasteiger partial charge in [-0.2, -0.15) is 0 Å². The van der Waals surface area contributed by atoms with E-state index in [1.54, 1.807) is 30.3 Å². The molecule has 2 N–H and O–H groups in total. The fourth-order valence-corrected chi connectivity index (χ4v) is 5.10. The summed E-state index contributed by atoms with van der Waals surface area (Å²) in [6.45, 7) is 4.19. The first-order valence-corrected chi connectivity index (χ1v) is 10.6. The summed E-state index contributed by atoms with van der Waals surface area (Å²) < 4.78 is 26.8. The molecule has 2 fully saturated rings. The molecule has 2 aliphatic heterocycles. The zero-order valence-corrected chi connectivity index (χ0v) is 16.1. The molecule has 1 aromatic rings. The number of sulfonamides is 1. The Hall–Kier alpha value is -1.64. The van der Waals surface area contributed by atoms with Gasteiger partial charge in [-0.25, -0.2) is 17.9 Å². The zero-order valence-electron chi connectivity index (χ0n) is 15.3. The highest BCUT2D eigenvalue weighted by atomic mass is 32.2. The summed E-state index contributed by atoms with van der Waals surface area (Å²) in [5, 5.41) is 2.83. The van der Waals surface area contributed by atoms with Gasteiger partial charge >= 0.3 is 6.03 Å². The molecule has 3 rings (SSSR count). The fraction of sp³-hybridized carbons (Fsp3) is 0.611. The second kappa shape index (κ2) is 7.94. The van der Waals surface area contributed by atoms with E-state index in [0.717, 1.165) is 32.6 Å². The van der Waals surface area contributed by atoms with E-state index in [1.807, 2.05) is 4.90 Å². The third-order valence-corrected chi connectivity index (χ3v) is 6.80.